The van der Waals surface area contributed by atoms with E-state index >= 15 is 0 Å². The van der Waals surface area contributed by atoms with E-state index in [2.05, 4.69) is 47.2 Å². The summed E-state index contributed by atoms with van der Waals surface area (Å²) < 4.78 is 0. The lowest BCUT2D eigenvalue weighted by molar-refractivity contribution is 0.667. The number of hydrogen-bond donors (Lipinski definition) is 1. The quantitative estimate of drug-likeness (QED) is 0.885. The second kappa shape index (κ2) is 5.19. The molecule has 0 unspecified atom stereocenters. The molecular weight excluding hydrogens is 240 g/mol. The van der Waals surface area contributed by atoms with Gasteiger partial charge in [0.1, 0.15) is 0 Å². The van der Waals surface area contributed by atoms with Crippen molar-refractivity contribution in [2.75, 3.05) is 16.8 Å². The first-order valence-electron chi connectivity index (χ1n) is 6.53. The maximum atomic E-state index is 4.49. The van der Waals surface area contributed by atoms with Crippen molar-refractivity contribution in [2.24, 2.45) is 0 Å². The number of aromatic nitrogens is 1. The summed E-state index contributed by atoms with van der Waals surface area (Å²) >= 11 is 2.06. The zero-order valence-corrected chi connectivity index (χ0v) is 11.5. The standard InChI is InChI=1S/C15H18N2S/c1-11-4-5-14(13-3-2-8-16-15(11)13)17-12-6-9-18-10-7-12/h2-5,8,12,17H,6-7,9-10H2,1H3. The summed E-state index contributed by atoms with van der Waals surface area (Å²) in [6, 6.07) is 9.16. The average Bonchev–Trinajstić information content (AvgIpc) is 2.44. The van der Waals surface area contributed by atoms with Crippen LogP contribution in [0.25, 0.3) is 10.9 Å². The lowest BCUT2D eigenvalue weighted by Crippen LogP contribution is -2.24. The van der Waals surface area contributed by atoms with E-state index in [1.165, 1.54) is 41.0 Å². The van der Waals surface area contributed by atoms with Crippen molar-refractivity contribution < 1.29 is 0 Å². The van der Waals surface area contributed by atoms with Gasteiger partial charge in [0.05, 0.1) is 5.52 Å². The Balaban J connectivity index is 1.94. The minimum atomic E-state index is 0.623. The second-order valence-electron chi connectivity index (χ2n) is 4.86. The molecule has 2 nitrogen and oxygen atoms in total. The fourth-order valence-corrected chi connectivity index (χ4v) is 3.61. The molecule has 0 spiro atoms. The van der Waals surface area contributed by atoms with Gasteiger partial charge in [-0.25, -0.2) is 0 Å². The Bertz CT molecular complexity index is 547. The van der Waals surface area contributed by atoms with Gasteiger partial charge in [-0.3, -0.25) is 4.98 Å². The normalized spacial score (nSPS) is 16.9. The molecule has 0 atom stereocenters. The number of thioether (sulfide) groups is 1. The number of nitrogens with zero attached hydrogens (tertiary/aromatic N) is 1. The SMILES string of the molecule is Cc1ccc(NC2CCSCC2)c2cccnc12. The highest BCUT2D eigenvalue weighted by Crippen LogP contribution is 2.27. The Morgan fingerprint density at radius 1 is 1.22 bits per heavy atom. The fourth-order valence-electron chi connectivity index (χ4n) is 2.50. The van der Waals surface area contributed by atoms with Crippen molar-refractivity contribution in [2.45, 2.75) is 25.8 Å². The smallest absolute Gasteiger partial charge is 0.0751 e. The van der Waals surface area contributed by atoms with Crippen LogP contribution >= 0.6 is 11.8 Å². The third-order valence-electron chi connectivity index (χ3n) is 3.55. The van der Waals surface area contributed by atoms with Gasteiger partial charge in [-0.15, -0.1) is 0 Å². The molecule has 3 rings (SSSR count). The van der Waals surface area contributed by atoms with E-state index in [4.69, 9.17) is 0 Å². The van der Waals surface area contributed by atoms with E-state index in [0.717, 1.165) is 5.52 Å². The van der Waals surface area contributed by atoms with E-state index in [9.17, 15) is 0 Å². The first-order valence-corrected chi connectivity index (χ1v) is 7.69. The van der Waals surface area contributed by atoms with Gasteiger partial charge < -0.3 is 5.32 Å². The Morgan fingerprint density at radius 3 is 2.89 bits per heavy atom. The van der Waals surface area contributed by atoms with Crippen LogP contribution in [-0.4, -0.2) is 22.5 Å². The number of rotatable bonds is 2. The van der Waals surface area contributed by atoms with Gasteiger partial charge in [-0.1, -0.05) is 6.07 Å². The Morgan fingerprint density at radius 2 is 2.06 bits per heavy atom. The van der Waals surface area contributed by atoms with Crippen LogP contribution < -0.4 is 5.32 Å². The monoisotopic (exact) mass is 258 g/mol. The van der Waals surface area contributed by atoms with Gasteiger partial charge in [-0.2, -0.15) is 11.8 Å². The topological polar surface area (TPSA) is 24.9 Å². The molecule has 2 heterocycles. The van der Waals surface area contributed by atoms with E-state index in [1.807, 2.05) is 12.3 Å². The van der Waals surface area contributed by atoms with Crippen LogP contribution in [0.4, 0.5) is 5.69 Å². The second-order valence-corrected chi connectivity index (χ2v) is 6.09. The molecular formula is C15H18N2S. The number of benzene rings is 1. The van der Waals surface area contributed by atoms with Gasteiger partial charge in [-0.05, 0) is 55.0 Å². The van der Waals surface area contributed by atoms with Gasteiger partial charge >= 0.3 is 0 Å². The summed E-state index contributed by atoms with van der Waals surface area (Å²) in [7, 11) is 0. The zero-order chi connectivity index (χ0) is 12.4. The summed E-state index contributed by atoms with van der Waals surface area (Å²) in [4.78, 5) is 4.49. The molecule has 94 valence electrons. The van der Waals surface area contributed by atoms with Crippen molar-refractivity contribution in [1.82, 2.24) is 4.98 Å². The third kappa shape index (κ3) is 2.32. The highest BCUT2D eigenvalue weighted by molar-refractivity contribution is 7.99. The van der Waals surface area contributed by atoms with Crippen LogP contribution in [0, 0.1) is 6.92 Å². The van der Waals surface area contributed by atoms with Crippen LogP contribution in [-0.2, 0) is 0 Å². The molecule has 1 aliphatic heterocycles. The van der Waals surface area contributed by atoms with Crippen molar-refractivity contribution in [3.8, 4) is 0 Å². The third-order valence-corrected chi connectivity index (χ3v) is 4.60. The Hall–Kier alpha value is -1.22. The molecule has 2 aromatic rings. The van der Waals surface area contributed by atoms with E-state index in [-0.39, 0.29) is 0 Å². The van der Waals surface area contributed by atoms with Gasteiger partial charge in [0, 0.05) is 23.3 Å². The molecule has 3 heteroatoms. The Labute approximate surface area is 112 Å². The molecule has 0 bridgehead atoms. The molecule has 1 aromatic carbocycles. The maximum Gasteiger partial charge on any atom is 0.0751 e. The molecule has 0 aliphatic carbocycles. The fraction of sp³-hybridized carbons (Fsp3) is 0.400. The molecule has 1 aliphatic rings. The van der Waals surface area contributed by atoms with E-state index in [0.29, 0.717) is 6.04 Å². The lowest BCUT2D eigenvalue weighted by atomic mass is 10.1. The highest BCUT2D eigenvalue weighted by atomic mass is 32.2. The maximum absolute atomic E-state index is 4.49. The number of nitrogens with one attached hydrogen (secondary N) is 1. The number of pyridine rings is 1. The van der Waals surface area contributed by atoms with Crippen LogP contribution in [0.3, 0.4) is 0 Å². The minimum Gasteiger partial charge on any atom is -0.382 e. The molecule has 0 saturated carbocycles. The number of anilines is 1. The van der Waals surface area contributed by atoms with Crippen molar-refractivity contribution in [1.29, 1.82) is 0 Å². The summed E-state index contributed by atoms with van der Waals surface area (Å²) in [5.41, 5.74) is 3.60. The van der Waals surface area contributed by atoms with E-state index < -0.39 is 0 Å². The Kier molecular flexibility index (Phi) is 3.41. The molecule has 1 fully saturated rings. The van der Waals surface area contributed by atoms with Crippen molar-refractivity contribution >= 4 is 28.4 Å². The average molecular weight is 258 g/mol. The molecule has 1 aromatic heterocycles. The summed E-state index contributed by atoms with van der Waals surface area (Å²) in [5.74, 6) is 2.55. The van der Waals surface area contributed by atoms with Gasteiger partial charge in [0.25, 0.3) is 0 Å². The summed E-state index contributed by atoms with van der Waals surface area (Å²) in [6.45, 7) is 2.12. The number of aryl methyl sites for hydroxylation is 1. The number of fused-ring (bicyclic) bond motifs is 1. The molecule has 1 N–H and O–H groups in total. The van der Waals surface area contributed by atoms with E-state index in [1.54, 1.807) is 0 Å². The first-order chi connectivity index (χ1) is 8.84. The molecule has 0 amide bonds. The lowest BCUT2D eigenvalue weighted by Gasteiger charge is -2.24. The summed E-state index contributed by atoms with van der Waals surface area (Å²) in [5, 5.41) is 4.94. The molecule has 18 heavy (non-hydrogen) atoms. The predicted molar refractivity (Wildman–Crippen MR) is 80.4 cm³/mol. The van der Waals surface area contributed by atoms with Crippen LogP contribution in [0.15, 0.2) is 30.5 Å². The zero-order valence-electron chi connectivity index (χ0n) is 10.6. The van der Waals surface area contributed by atoms with Crippen molar-refractivity contribution in [3.63, 3.8) is 0 Å². The largest absolute Gasteiger partial charge is 0.382 e. The minimum absolute atomic E-state index is 0.623. The van der Waals surface area contributed by atoms with Crippen molar-refractivity contribution in [3.05, 3.63) is 36.0 Å². The molecule has 1 saturated heterocycles. The van der Waals surface area contributed by atoms with Gasteiger partial charge in [0.2, 0.25) is 0 Å². The van der Waals surface area contributed by atoms with Gasteiger partial charge in [0.15, 0.2) is 0 Å². The summed E-state index contributed by atoms with van der Waals surface area (Å²) in [6.07, 6.45) is 4.40. The van der Waals surface area contributed by atoms with Crippen LogP contribution in [0.2, 0.25) is 0 Å². The first kappa shape index (κ1) is 11.8. The predicted octanol–water partition coefficient (Wildman–Crippen LogP) is 3.85. The molecule has 0 radical (unpaired) electrons. The highest BCUT2D eigenvalue weighted by Gasteiger charge is 2.14. The number of hydrogen-bond acceptors (Lipinski definition) is 3. The van der Waals surface area contributed by atoms with Crippen LogP contribution in [0.1, 0.15) is 18.4 Å². The van der Waals surface area contributed by atoms with Crippen LogP contribution in [0.5, 0.6) is 0 Å².